The van der Waals surface area contributed by atoms with Gasteiger partial charge in [0.25, 0.3) is 5.56 Å². The van der Waals surface area contributed by atoms with E-state index in [0.29, 0.717) is 12.0 Å². The lowest BCUT2D eigenvalue weighted by atomic mass is 9.78. The minimum atomic E-state index is -0.146. The minimum Gasteiger partial charge on any atom is -0.383 e. The van der Waals surface area contributed by atoms with Crippen molar-refractivity contribution in [3.8, 4) is 0 Å². The first-order chi connectivity index (χ1) is 12.5. The van der Waals surface area contributed by atoms with E-state index in [4.69, 9.17) is 4.52 Å². The molecule has 0 bridgehead atoms. The SMILES string of the molecule is CC(C)(C)c1cc(C[C@H]2C[C@@H](c3cc(=O)[nH]o3)CCN2)cc(C(C)(C)C)c1. The lowest BCUT2D eigenvalue weighted by Gasteiger charge is -2.31. The first-order valence-electron chi connectivity index (χ1n) is 10.1. The summed E-state index contributed by atoms with van der Waals surface area (Å²) in [6, 6.07) is 9.11. The van der Waals surface area contributed by atoms with E-state index in [1.54, 1.807) is 6.07 Å². The van der Waals surface area contributed by atoms with Gasteiger partial charge in [0.15, 0.2) is 0 Å². The van der Waals surface area contributed by atoms with Crippen LogP contribution in [0.2, 0.25) is 0 Å². The van der Waals surface area contributed by atoms with Crippen LogP contribution in [0.25, 0.3) is 0 Å². The monoisotopic (exact) mass is 370 g/mol. The third-order valence-electron chi connectivity index (χ3n) is 5.65. The van der Waals surface area contributed by atoms with Crippen molar-refractivity contribution in [2.75, 3.05) is 6.54 Å². The Morgan fingerprint density at radius 2 is 1.63 bits per heavy atom. The Kier molecular flexibility index (Phi) is 5.40. The minimum absolute atomic E-state index is 0.132. The average molecular weight is 371 g/mol. The molecule has 4 nitrogen and oxygen atoms in total. The van der Waals surface area contributed by atoms with Gasteiger partial charge in [0.2, 0.25) is 0 Å². The van der Waals surface area contributed by atoms with E-state index in [-0.39, 0.29) is 16.4 Å². The van der Waals surface area contributed by atoms with Crippen LogP contribution in [-0.4, -0.2) is 17.7 Å². The van der Waals surface area contributed by atoms with E-state index >= 15 is 0 Å². The molecule has 2 heterocycles. The summed E-state index contributed by atoms with van der Waals surface area (Å²) in [5.74, 6) is 1.11. The van der Waals surface area contributed by atoms with Crippen LogP contribution in [-0.2, 0) is 17.3 Å². The van der Waals surface area contributed by atoms with Crippen molar-refractivity contribution in [3.05, 3.63) is 57.1 Å². The van der Waals surface area contributed by atoms with Gasteiger partial charge in [0.1, 0.15) is 5.76 Å². The molecule has 4 heteroatoms. The number of nitrogens with one attached hydrogen (secondary N) is 2. The molecule has 1 fully saturated rings. The van der Waals surface area contributed by atoms with E-state index in [2.05, 4.69) is 70.2 Å². The van der Waals surface area contributed by atoms with E-state index in [1.165, 1.54) is 16.7 Å². The summed E-state index contributed by atoms with van der Waals surface area (Å²) in [6.45, 7) is 14.6. The maximum atomic E-state index is 11.4. The molecule has 1 aliphatic heterocycles. The van der Waals surface area contributed by atoms with Gasteiger partial charge in [-0.1, -0.05) is 59.7 Å². The van der Waals surface area contributed by atoms with Gasteiger partial charge >= 0.3 is 0 Å². The molecule has 0 radical (unpaired) electrons. The first kappa shape index (κ1) is 19.9. The Hall–Kier alpha value is -1.81. The number of hydrogen-bond donors (Lipinski definition) is 2. The van der Waals surface area contributed by atoms with Crippen molar-refractivity contribution in [1.82, 2.24) is 10.5 Å². The molecule has 0 saturated carbocycles. The zero-order valence-electron chi connectivity index (χ0n) is 17.6. The van der Waals surface area contributed by atoms with Gasteiger partial charge in [-0.2, -0.15) is 5.16 Å². The fourth-order valence-electron chi connectivity index (χ4n) is 3.88. The zero-order valence-corrected chi connectivity index (χ0v) is 17.6. The Morgan fingerprint density at radius 1 is 1.00 bits per heavy atom. The number of rotatable bonds is 3. The fraction of sp³-hybridized carbons (Fsp3) is 0.609. The van der Waals surface area contributed by atoms with E-state index in [9.17, 15) is 4.79 Å². The molecule has 3 rings (SSSR count). The second-order valence-corrected chi connectivity index (χ2v) is 10.1. The lowest BCUT2D eigenvalue weighted by molar-refractivity contribution is 0.292. The predicted octanol–water partition coefficient (Wildman–Crippen LogP) is 4.64. The zero-order chi connectivity index (χ0) is 19.8. The van der Waals surface area contributed by atoms with Gasteiger partial charge in [-0.05, 0) is 53.3 Å². The van der Waals surface area contributed by atoms with E-state index in [1.807, 2.05) is 0 Å². The van der Waals surface area contributed by atoms with Crippen LogP contribution in [0, 0.1) is 0 Å². The molecular weight excluding hydrogens is 336 g/mol. The lowest BCUT2D eigenvalue weighted by Crippen LogP contribution is -2.38. The highest BCUT2D eigenvalue weighted by Crippen LogP contribution is 2.32. The molecule has 2 N–H and O–H groups in total. The number of aromatic amines is 1. The molecule has 2 atom stereocenters. The summed E-state index contributed by atoms with van der Waals surface area (Å²) in [4.78, 5) is 11.4. The third-order valence-corrected chi connectivity index (χ3v) is 5.65. The highest BCUT2D eigenvalue weighted by atomic mass is 16.5. The Morgan fingerprint density at radius 3 is 2.15 bits per heavy atom. The summed E-state index contributed by atoms with van der Waals surface area (Å²) >= 11 is 0. The first-order valence-corrected chi connectivity index (χ1v) is 10.1. The molecule has 1 aliphatic rings. The van der Waals surface area contributed by atoms with E-state index < -0.39 is 0 Å². The van der Waals surface area contributed by atoms with E-state index in [0.717, 1.165) is 31.6 Å². The van der Waals surface area contributed by atoms with Gasteiger partial charge < -0.3 is 9.84 Å². The normalized spacial score (nSPS) is 21.4. The summed E-state index contributed by atoms with van der Waals surface area (Å²) < 4.78 is 5.36. The molecule has 1 aromatic carbocycles. The van der Waals surface area contributed by atoms with Crippen molar-refractivity contribution >= 4 is 0 Å². The van der Waals surface area contributed by atoms with Crippen molar-refractivity contribution in [2.24, 2.45) is 0 Å². The standard InChI is InChI=1S/C23H34N2O2/c1-22(2,3)17-9-15(10-18(13-17)23(4,5)6)11-19-12-16(7-8-24-19)20-14-21(26)25-27-20/h9-10,13-14,16,19,24H,7-8,11-12H2,1-6H3,(H,25,26)/t16-,19-/m0/s1. The summed E-state index contributed by atoms with van der Waals surface area (Å²) in [5, 5.41) is 6.09. The summed E-state index contributed by atoms with van der Waals surface area (Å²) in [7, 11) is 0. The van der Waals surface area contributed by atoms with Crippen LogP contribution in [0.15, 0.2) is 33.6 Å². The van der Waals surface area contributed by atoms with Crippen LogP contribution in [0.5, 0.6) is 0 Å². The van der Waals surface area contributed by atoms with Crippen molar-refractivity contribution in [2.45, 2.75) is 83.6 Å². The van der Waals surface area contributed by atoms with Gasteiger partial charge in [-0.15, -0.1) is 0 Å². The summed E-state index contributed by atoms with van der Waals surface area (Å²) in [6.07, 6.45) is 3.00. The van der Waals surface area contributed by atoms with Crippen LogP contribution in [0.3, 0.4) is 0 Å². The van der Waals surface area contributed by atoms with Crippen LogP contribution in [0.4, 0.5) is 0 Å². The van der Waals surface area contributed by atoms with Crippen molar-refractivity contribution in [3.63, 3.8) is 0 Å². The molecule has 1 saturated heterocycles. The second kappa shape index (κ2) is 7.31. The van der Waals surface area contributed by atoms with Crippen molar-refractivity contribution < 1.29 is 4.52 Å². The number of aromatic nitrogens is 1. The van der Waals surface area contributed by atoms with Gasteiger partial charge in [-0.3, -0.25) is 4.79 Å². The highest BCUT2D eigenvalue weighted by Gasteiger charge is 2.27. The number of benzene rings is 1. The highest BCUT2D eigenvalue weighted by molar-refractivity contribution is 5.37. The summed E-state index contributed by atoms with van der Waals surface area (Å²) in [5.41, 5.74) is 4.30. The van der Waals surface area contributed by atoms with Crippen LogP contribution in [0.1, 0.15) is 82.8 Å². The Labute approximate surface area is 162 Å². The Bertz CT molecular complexity index is 801. The van der Waals surface area contributed by atoms with Crippen LogP contribution < -0.4 is 10.9 Å². The molecule has 0 spiro atoms. The largest absolute Gasteiger partial charge is 0.383 e. The molecule has 0 amide bonds. The molecule has 1 aromatic heterocycles. The number of H-pyrrole nitrogens is 1. The van der Waals surface area contributed by atoms with Crippen LogP contribution >= 0.6 is 0 Å². The molecule has 27 heavy (non-hydrogen) atoms. The second-order valence-electron chi connectivity index (χ2n) is 10.1. The fourth-order valence-corrected chi connectivity index (χ4v) is 3.88. The Balaban J connectivity index is 1.82. The smallest absolute Gasteiger partial charge is 0.280 e. The van der Waals surface area contributed by atoms with Gasteiger partial charge in [0, 0.05) is 18.0 Å². The predicted molar refractivity (Wildman–Crippen MR) is 111 cm³/mol. The topological polar surface area (TPSA) is 58.0 Å². The van der Waals surface area contributed by atoms with Crippen molar-refractivity contribution in [1.29, 1.82) is 0 Å². The molecular formula is C23H34N2O2. The molecule has 0 unspecified atom stereocenters. The maximum Gasteiger partial charge on any atom is 0.280 e. The quantitative estimate of drug-likeness (QED) is 0.827. The molecule has 148 valence electrons. The molecule has 2 aromatic rings. The number of piperidine rings is 1. The van der Waals surface area contributed by atoms with Gasteiger partial charge in [0.05, 0.1) is 0 Å². The van der Waals surface area contributed by atoms with Gasteiger partial charge in [-0.25, -0.2) is 0 Å². The number of hydrogen-bond acceptors (Lipinski definition) is 3. The molecule has 0 aliphatic carbocycles. The average Bonchev–Trinajstić information content (AvgIpc) is 3.00. The third kappa shape index (κ3) is 4.92. The maximum absolute atomic E-state index is 11.4.